The number of hydrogen-bond acceptors (Lipinski definition) is 7. The molecule has 1 heterocycles. The molecule has 0 spiro atoms. The molecule has 126 valence electrons. The molecule has 0 radical (unpaired) electrons. The number of ether oxygens (including phenoxy) is 3. The van der Waals surface area contributed by atoms with Crippen LogP contribution in [-0.2, 0) is 9.53 Å². The molecule has 2 rings (SSSR count). The van der Waals surface area contributed by atoms with E-state index < -0.39 is 5.97 Å². The van der Waals surface area contributed by atoms with Crippen LogP contribution >= 0.6 is 11.3 Å². The normalized spacial score (nSPS) is 10.4. The Hall–Kier alpha value is -2.87. The van der Waals surface area contributed by atoms with Crippen LogP contribution < -0.4 is 14.9 Å². The third-order valence-corrected chi connectivity index (χ3v) is 3.75. The first kappa shape index (κ1) is 17.5. The maximum Gasteiger partial charge on any atom is 0.343 e. The lowest BCUT2D eigenvalue weighted by Crippen LogP contribution is -2.16. The van der Waals surface area contributed by atoms with E-state index in [0.717, 1.165) is 0 Å². The van der Waals surface area contributed by atoms with Gasteiger partial charge in [0, 0.05) is 0 Å². The third-order valence-electron chi connectivity index (χ3n) is 2.89. The van der Waals surface area contributed by atoms with Crippen LogP contribution in [0.25, 0.3) is 0 Å². The van der Waals surface area contributed by atoms with Crippen LogP contribution in [0.3, 0.4) is 0 Å². The molecule has 0 atom stereocenters. The topological polar surface area (TPSA) is 86.2 Å². The molecular formula is C16H16N2O5S. The van der Waals surface area contributed by atoms with Crippen molar-refractivity contribution < 1.29 is 23.8 Å². The van der Waals surface area contributed by atoms with Crippen LogP contribution in [0.1, 0.15) is 15.2 Å². The molecular weight excluding hydrogens is 332 g/mol. The number of esters is 1. The second-order valence-corrected chi connectivity index (χ2v) is 5.40. The minimum absolute atomic E-state index is 0.211. The van der Waals surface area contributed by atoms with Crippen molar-refractivity contribution in [3.05, 3.63) is 46.2 Å². The van der Waals surface area contributed by atoms with Gasteiger partial charge in [-0.2, -0.15) is 5.10 Å². The zero-order valence-electron chi connectivity index (χ0n) is 13.1. The second-order valence-electron chi connectivity index (χ2n) is 4.45. The SMILES string of the molecule is COC(=O)COc1ccc(C=NNC(=O)c2cccs2)cc1OC. The minimum atomic E-state index is -0.487. The quantitative estimate of drug-likeness (QED) is 0.470. The molecule has 0 fully saturated rings. The molecule has 1 aromatic carbocycles. The zero-order valence-corrected chi connectivity index (χ0v) is 14.0. The van der Waals surface area contributed by atoms with Gasteiger partial charge in [-0.25, -0.2) is 10.2 Å². The lowest BCUT2D eigenvalue weighted by atomic mass is 10.2. The maximum atomic E-state index is 11.7. The average Bonchev–Trinajstić information content (AvgIpc) is 3.14. The van der Waals surface area contributed by atoms with E-state index >= 15 is 0 Å². The number of nitrogens with zero attached hydrogens (tertiary/aromatic N) is 1. The molecule has 2 aromatic rings. The second kappa shape index (κ2) is 8.68. The molecule has 8 heteroatoms. The van der Waals surface area contributed by atoms with Crippen molar-refractivity contribution in [1.29, 1.82) is 0 Å². The van der Waals surface area contributed by atoms with Crippen LogP contribution in [-0.4, -0.2) is 38.9 Å². The van der Waals surface area contributed by atoms with Gasteiger partial charge in [-0.15, -0.1) is 11.3 Å². The summed E-state index contributed by atoms with van der Waals surface area (Å²) in [6, 6.07) is 8.54. The molecule has 0 aliphatic carbocycles. The summed E-state index contributed by atoms with van der Waals surface area (Å²) in [5.74, 6) is 0.0836. The molecule has 1 amide bonds. The van der Waals surface area contributed by atoms with Gasteiger partial charge >= 0.3 is 5.97 Å². The summed E-state index contributed by atoms with van der Waals surface area (Å²) in [6.07, 6.45) is 1.48. The lowest BCUT2D eigenvalue weighted by Gasteiger charge is -2.10. The maximum absolute atomic E-state index is 11.7. The molecule has 0 saturated carbocycles. The van der Waals surface area contributed by atoms with Gasteiger partial charge in [0.2, 0.25) is 0 Å². The predicted octanol–water partition coefficient (Wildman–Crippen LogP) is 2.07. The van der Waals surface area contributed by atoms with Crippen molar-refractivity contribution in [3.63, 3.8) is 0 Å². The number of nitrogens with one attached hydrogen (secondary N) is 1. The Morgan fingerprint density at radius 2 is 2.08 bits per heavy atom. The van der Waals surface area contributed by atoms with Gasteiger partial charge in [-0.1, -0.05) is 6.07 Å². The lowest BCUT2D eigenvalue weighted by molar-refractivity contribution is -0.142. The molecule has 7 nitrogen and oxygen atoms in total. The van der Waals surface area contributed by atoms with Crippen LogP contribution in [0, 0.1) is 0 Å². The molecule has 1 N–H and O–H groups in total. The highest BCUT2D eigenvalue weighted by molar-refractivity contribution is 7.12. The fourth-order valence-electron chi connectivity index (χ4n) is 1.71. The number of carbonyl (C=O) groups excluding carboxylic acids is 2. The van der Waals surface area contributed by atoms with Crippen LogP contribution in [0.4, 0.5) is 0 Å². The number of benzene rings is 1. The smallest absolute Gasteiger partial charge is 0.343 e. The Balaban J connectivity index is 1.99. The van der Waals surface area contributed by atoms with Crippen LogP contribution in [0.5, 0.6) is 11.5 Å². The van der Waals surface area contributed by atoms with E-state index in [2.05, 4.69) is 15.3 Å². The number of hydrazone groups is 1. The molecule has 24 heavy (non-hydrogen) atoms. The highest BCUT2D eigenvalue weighted by Gasteiger charge is 2.08. The molecule has 0 bridgehead atoms. The van der Waals surface area contributed by atoms with Crippen LogP contribution in [0.2, 0.25) is 0 Å². The van der Waals surface area contributed by atoms with Gasteiger partial charge in [-0.05, 0) is 35.2 Å². The monoisotopic (exact) mass is 348 g/mol. The van der Waals surface area contributed by atoms with E-state index in [1.807, 2.05) is 5.38 Å². The first-order valence-electron chi connectivity index (χ1n) is 6.88. The molecule has 0 aliphatic heterocycles. The minimum Gasteiger partial charge on any atom is -0.493 e. The van der Waals surface area contributed by atoms with E-state index in [9.17, 15) is 9.59 Å². The van der Waals surface area contributed by atoms with Crippen molar-refractivity contribution in [3.8, 4) is 11.5 Å². The molecule has 0 aliphatic rings. The first-order valence-corrected chi connectivity index (χ1v) is 7.76. The Kier molecular flexibility index (Phi) is 6.32. The summed E-state index contributed by atoms with van der Waals surface area (Å²) in [5, 5.41) is 5.72. The fraction of sp³-hybridized carbons (Fsp3) is 0.188. The van der Waals surface area contributed by atoms with Gasteiger partial charge in [0.25, 0.3) is 5.91 Å². The van der Waals surface area contributed by atoms with Crippen molar-refractivity contribution in [1.82, 2.24) is 5.43 Å². The van der Waals surface area contributed by atoms with Gasteiger partial charge in [0.1, 0.15) is 0 Å². The number of carbonyl (C=O) groups is 2. The van der Waals surface area contributed by atoms with Gasteiger partial charge < -0.3 is 14.2 Å². The van der Waals surface area contributed by atoms with E-state index in [1.54, 1.807) is 30.3 Å². The summed E-state index contributed by atoms with van der Waals surface area (Å²) in [6.45, 7) is -0.211. The van der Waals surface area contributed by atoms with Crippen molar-refractivity contribution in [2.24, 2.45) is 5.10 Å². The molecule has 1 aromatic heterocycles. The molecule has 0 saturated heterocycles. The predicted molar refractivity (Wildman–Crippen MR) is 89.9 cm³/mol. The fourth-order valence-corrected chi connectivity index (χ4v) is 2.32. The van der Waals surface area contributed by atoms with E-state index in [1.165, 1.54) is 31.8 Å². The number of hydrogen-bond donors (Lipinski definition) is 1. The van der Waals surface area contributed by atoms with Crippen molar-refractivity contribution >= 4 is 29.4 Å². The standard InChI is InChI=1S/C16H16N2O5S/c1-21-13-8-11(5-6-12(13)23-10-15(19)22-2)9-17-18-16(20)14-4-3-7-24-14/h3-9H,10H2,1-2H3,(H,18,20). The van der Waals surface area contributed by atoms with E-state index in [0.29, 0.717) is 21.9 Å². The highest BCUT2D eigenvalue weighted by Crippen LogP contribution is 2.27. The van der Waals surface area contributed by atoms with E-state index in [-0.39, 0.29) is 12.5 Å². The highest BCUT2D eigenvalue weighted by atomic mass is 32.1. The Bertz CT molecular complexity index is 728. The first-order chi connectivity index (χ1) is 11.6. The van der Waals surface area contributed by atoms with Crippen LogP contribution in [0.15, 0.2) is 40.8 Å². The Morgan fingerprint density at radius 3 is 2.75 bits per heavy atom. The largest absolute Gasteiger partial charge is 0.493 e. The average molecular weight is 348 g/mol. The summed E-state index contributed by atoms with van der Waals surface area (Å²) in [4.78, 5) is 23.4. The number of amides is 1. The summed E-state index contributed by atoms with van der Waals surface area (Å²) in [7, 11) is 2.77. The van der Waals surface area contributed by atoms with E-state index in [4.69, 9.17) is 9.47 Å². The van der Waals surface area contributed by atoms with Crippen molar-refractivity contribution in [2.45, 2.75) is 0 Å². The zero-order chi connectivity index (χ0) is 17.4. The molecule has 0 unspecified atom stereocenters. The third kappa shape index (κ3) is 4.82. The number of thiophene rings is 1. The summed E-state index contributed by atoms with van der Waals surface area (Å²) < 4.78 is 15.0. The Morgan fingerprint density at radius 1 is 1.25 bits per heavy atom. The van der Waals surface area contributed by atoms with Crippen molar-refractivity contribution in [2.75, 3.05) is 20.8 Å². The Labute approximate surface area is 142 Å². The van der Waals surface area contributed by atoms with Gasteiger partial charge in [0.15, 0.2) is 18.1 Å². The van der Waals surface area contributed by atoms with Gasteiger partial charge in [0.05, 0.1) is 25.3 Å². The number of methoxy groups -OCH3 is 2. The number of rotatable bonds is 7. The summed E-state index contributed by atoms with van der Waals surface area (Å²) in [5.41, 5.74) is 3.14. The summed E-state index contributed by atoms with van der Waals surface area (Å²) >= 11 is 1.33. The van der Waals surface area contributed by atoms with Gasteiger partial charge in [-0.3, -0.25) is 4.79 Å².